The van der Waals surface area contributed by atoms with Gasteiger partial charge in [0, 0.05) is 0 Å². The first-order chi connectivity index (χ1) is 6.56. The van der Waals surface area contributed by atoms with Crippen molar-refractivity contribution in [3.8, 4) is 5.88 Å². The minimum absolute atomic E-state index is 0.0511. The van der Waals surface area contributed by atoms with Gasteiger partial charge in [0.2, 0.25) is 5.88 Å². The van der Waals surface area contributed by atoms with Crippen molar-refractivity contribution in [2.75, 3.05) is 7.11 Å². The van der Waals surface area contributed by atoms with Gasteiger partial charge < -0.3 is 9.84 Å². The molecule has 0 aliphatic heterocycles. The fourth-order valence-corrected chi connectivity index (χ4v) is 1.22. The molecule has 1 heterocycles. The summed E-state index contributed by atoms with van der Waals surface area (Å²) < 4.78 is 4.85. The largest absolute Gasteiger partial charge is 0.480 e. The Balaban J connectivity index is 2.99. The molecule has 0 saturated heterocycles. The van der Waals surface area contributed by atoms with Crippen molar-refractivity contribution in [3.05, 3.63) is 17.0 Å². The third-order valence-electron chi connectivity index (χ3n) is 1.85. The summed E-state index contributed by atoms with van der Waals surface area (Å²) in [5, 5.41) is 9.90. The molecule has 1 unspecified atom stereocenters. The lowest BCUT2D eigenvalue weighted by atomic mass is 10.1. The molecular formula is C9H13ClN2O2. The summed E-state index contributed by atoms with van der Waals surface area (Å²) in [6.45, 7) is 3.76. The highest BCUT2D eigenvalue weighted by Crippen LogP contribution is 2.25. The number of aliphatic hydroxyl groups is 1. The Morgan fingerprint density at radius 2 is 2.14 bits per heavy atom. The van der Waals surface area contributed by atoms with E-state index < -0.39 is 6.10 Å². The number of halogens is 1. The van der Waals surface area contributed by atoms with Crippen LogP contribution in [-0.2, 0) is 0 Å². The lowest BCUT2D eigenvalue weighted by Crippen LogP contribution is -2.09. The topological polar surface area (TPSA) is 55.2 Å². The molecule has 1 rings (SSSR count). The number of aromatic nitrogens is 2. The summed E-state index contributed by atoms with van der Waals surface area (Å²) >= 11 is 5.83. The number of rotatable bonds is 3. The Morgan fingerprint density at radius 3 is 2.57 bits per heavy atom. The van der Waals surface area contributed by atoms with Gasteiger partial charge in [-0.1, -0.05) is 25.4 Å². The lowest BCUT2D eigenvalue weighted by molar-refractivity contribution is 0.122. The van der Waals surface area contributed by atoms with Gasteiger partial charge in [-0.25, -0.2) is 4.98 Å². The zero-order chi connectivity index (χ0) is 10.7. The summed E-state index contributed by atoms with van der Waals surface area (Å²) in [4.78, 5) is 7.92. The monoisotopic (exact) mass is 216 g/mol. The maximum atomic E-state index is 9.71. The highest BCUT2D eigenvalue weighted by Gasteiger charge is 2.18. The molecule has 1 atom stereocenters. The highest BCUT2D eigenvalue weighted by molar-refractivity contribution is 6.30. The number of hydrogen-bond donors (Lipinski definition) is 1. The van der Waals surface area contributed by atoms with Crippen molar-refractivity contribution >= 4 is 11.6 Å². The smallest absolute Gasteiger partial charge is 0.233 e. The van der Waals surface area contributed by atoms with E-state index >= 15 is 0 Å². The molecular weight excluding hydrogens is 204 g/mol. The summed E-state index contributed by atoms with van der Waals surface area (Å²) in [6, 6.07) is 0. The Labute approximate surface area is 87.9 Å². The summed E-state index contributed by atoms with van der Waals surface area (Å²) in [6.07, 6.45) is 0.744. The second kappa shape index (κ2) is 4.57. The van der Waals surface area contributed by atoms with E-state index in [4.69, 9.17) is 16.3 Å². The number of methoxy groups -OCH3 is 1. The highest BCUT2D eigenvalue weighted by atomic mass is 35.5. The molecule has 0 bridgehead atoms. The molecule has 0 spiro atoms. The summed E-state index contributed by atoms with van der Waals surface area (Å²) in [7, 11) is 1.49. The van der Waals surface area contributed by atoms with E-state index in [1.807, 2.05) is 13.8 Å². The van der Waals surface area contributed by atoms with Gasteiger partial charge in [-0.15, -0.1) is 0 Å². The molecule has 1 aromatic heterocycles. The van der Waals surface area contributed by atoms with E-state index in [2.05, 4.69) is 9.97 Å². The van der Waals surface area contributed by atoms with Gasteiger partial charge in [-0.05, 0) is 5.92 Å². The number of aliphatic hydroxyl groups excluding tert-OH is 1. The molecule has 5 heteroatoms. The van der Waals surface area contributed by atoms with Crippen LogP contribution < -0.4 is 4.74 Å². The molecule has 0 radical (unpaired) electrons. The molecule has 78 valence electrons. The fraction of sp³-hybridized carbons (Fsp3) is 0.556. The third-order valence-corrected chi connectivity index (χ3v) is 2.13. The molecule has 14 heavy (non-hydrogen) atoms. The molecule has 1 N–H and O–H groups in total. The van der Waals surface area contributed by atoms with Crippen LogP contribution in [0.3, 0.4) is 0 Å². The van der Waals surface area contributed by atoms with Gasteiger partial charge in [0.05, 0.1) is 13.3 Å². The normalized spacial score (nSPS) is 13.0. The molecule has 0 aliphatic rings. The quantitative estimate of drug-likeness (QED) is 0.838. The lowest BCUT2D eigenvalue weighted by Gasteiger charge is -2.14. The molecule has 4 nitrogen and oxygen atoms in total. The Bertz CT molecular complexity index is 318. The molecule has 1 aromatic rings. The van der Waals surface area contributed by atoms with Crippen LogP contribution in [0.5, 0.6) is 5.88 Å². The van der Waals surface area contributed by atoms with Crippen molar-refractivity contribution < 1.29 is 9.84 Å². The predicted octanol–water partition coefficient (Wildman–Crippen LogP) is 1.83. The first-order valence-electron chi connectivity index (χ1n) is 4.30. The minimum Gasteiger partial charge on any atom is -0.480 e. The molecule has 0 aromatic carbocycles. The fourth-order valence-electron chi connectivity index (χ4n) is 0.973. The van der Waals surface area contributed by atoms with Crippen molar-refractivity contribution in [2.45, 2.75) is 20.0 Å². The second-order valence-electron chi connectivity index (χ2n) is 3.28. The molecule has 0 saturated carbocycles. The van der Waals surface area contributed by atoms with Gasteiger partial charge in [0.25, 0.3) is 0 Å². The van der Waals surface area contributed by atoms with Gasteiger partial charge in [-0.2, -0.15) is 4.98 Å². The van der Waals surface area contributed by atoms with Crippen LogP contribution in [0.1, 0.15) is 25.6 Å². The average Bonchev–Trinajstić information content (AvgIpc) is 2.16. The zero-order valence-corrected chi connectivity index (χ0v) is 9.12. The van der Waals surface area contributed by atoms with Gasteiger partial charge in [-0.3, -0.25) is 0 Å². The number of ether oxygens (including phenoxy) is 1. The molecule has 0 amide bonds. The first-order valence-corrected chi connectivity index (χ1v) is 4.68. The number of nitrogens with zero attached hydrogens (tertiary/aromatic N) is 2. The van der Waals surface area contributed by atoms with Crippen LogP contribution in [-0.4, -0.2) is 22.2 Å². The average molecular weight is 217 g/mol. The number of hydrogen-bond acceptors (Lipinski definition) is 4. The van der Waals surface area contributed by atoms with Gasteiger partial charge in [0.15, 0.2) is 5.15 Å². The SMILES string of the molecule is COc1cnc(C(O)C(C)C)c(Cl)n1. The minimum atomic E-state index is -0.694. The van der Waals surface area contributed by atoms with Crippen molar-refractivity contribution in [1.82, 2.24) is 9.97 Å². The van der Waals surface area contributed by atoms with Gasteiger partial charge >= 0.3 is 0 Å². The van der Waals surface area contributed by atoms with Crippen LogP contribution in [0, 0.1) is 5.92 Å². The van der Waals surface area contributed by atoms with Crippen LogP contribution in [0.25, 0.3) is 0 Å². The van der Waals surface area contributed by atoms with E-state index in [1.165, 1.54) is 13.3 Å². The van der Waals surface area contributed by atoms with Crippen molar-refractivity contribution in [3.63, 3.8) is 0 Å². The molecule has 0 fully saturated rings. The third kappa shape index (κ3) is 2.33. The zero-order valence-electron chi connectivity index (χ0n) is 8.36. The summed E-state index contributed by atoms with van der Waals surface area (Å²) in [5.41, 5.74) is 0.391. The Hall–Kier alpha value is -0.870. The van der Waals surface area contributed by atoms with E-state index in [-0.39, 0.29) is 11.1 Å². The predicted molar refractivity (Wildman–Crippen MR) is 53.4 cm³/mol. The Kier molecular flexibility index (Phi) is 3.66. The van der Waals surface area contributed by atoms with E-state index in [9.17, 15) is 5.11 Å². The van der Waals surface area contributed by atoms with Crippen LogP contribution >= 0.6 is 11.6 Å². The molecule has 0 aliphatic carbocycles. The standard InChI is InChI=1S/C9H13ClN2O2/c1-5(2)8(13)7-9(10)12-6(14-3)4-11-7/h4-5,8,13H,1-3H3. The van der Waals surface area contributed by atoms with E-state index in [1.54, 1.807) is 0 Å². The van der Waals surface area contributed by atoms with E-state index in [0.29, 0.717) is 11.6 Å². The van der Waals surface area contributed by atoms with Crippen molar-refractivity contribution in [2.24, 2.45) is 5.92 Å². The maximum Gasteiger partial charge on any atom is 0.233 e. The van der Waals surface area contributed by atoms with Crippen molar-refractivity contribution in [1.29, 1.82) is 0 Å². The maximum absolute atomic E-state index is 9.71. The van der Waals surface area contributed by atoms with Gasteiger partial charge in [0.1, 0.15) is 11.8 Å². The second-order valence-corrected chi connectivity index (χ2v) is 3.64. The van der Waals surface area contributed by atoms with Crippen LogP contribution in [0.15, 0.2) is 6.20 Å². The Morgan fingerprint density at radius 1 is 1.50 bits per heavy atom. The first kappa shape index (κ1) is 11.2. The van der Waals surface area contributed by atoms with Crippen LogP contribution in [0.4, 0.5) is 0 Å². The summed E-state index contributed by atoms with van der Waals surface area (Å²) in [5.74, 6) is 0.393. The van der Waals surface area contributed by atoms with E-state index in [0.717, 1.165) is 0 Å². The van der Waals surface area contributed by atoms with Crippen LogP contribution in [0.2, 0.25) is 5.15 Å².